The van der Waals surface area contributed by atoms with Gasteiger partial charge in [-0.1, -0.05) is 51.1 Å². The average molecular weight is 421 g/mol. The molecule has 0 radical (unpaired) electrons. The zero-order valence-corrected chi connectivity index (χ0v) is 19.6. The van der Waals surface area contributed by atoms with Gasteiger partial charge in [-0.3, -0.25) is 0 Å². The number of hydrogen-bond donors (Lipinski definition) is 1. The van der Waals surface area contributed by atoms with Crippen LogP contribution in [-0.2, 0) is 18.7 Å². The molecule has 1 aliphatic rings. The first-order chi connectivity index (χ1) is 13.6. The molecule has 0 amide bonds. The molecule has 0 fully saturated rings. The van der Waals surface area contributed by atoms with Gasteiger partial charge in [0.25, 0.3) is 0 Å². The molecule has 1 aromatic rings. The Morgan fingerprint density at radius 1 is 1.21 bits per heavy atom. The van der Waals surface area contributed by atoms with Crippen molar-refractivity contribution in [3.8, 4) is 0 Å². The van der Waals surface area contributed by atoms with Gasteiger partial charge in [-0.2, -0.15) is 0 Å². The molecule has 1 aromatic carbocycles. The highest BCUT2D eigenvalue weighted by Gasteiger charge is 2.39. The maximum Gasteiger partial charge on any atom is 0.370 e. The van der Waals surface area contributed by atoms with E-state index in [1.165, 1.54) is 0 Å². The first kappa shape index (κ1) is 23.6. The average Bonchev–Trinajstić information content (AvgIpc) is 2.65. The summed E-state index contributed by atoms with van der Waals surface area (Å²) < 4.78 is 17.9. The lowest BCUT2D eigenvalue weighted by Gasteiger charge is -2.38. The summed E-state index contributed by atoms with van der Waals surface area (Å²) in [6.45, 7) is 14.3. The molecule has 6 heteroatoms. The molecule has 2 rings (SSSR count). The fourth-order valence-corrected chi connectivity index (χ4v) is 4.44. The van der Waals surface area contributed by atoms with Gasteiger partial charge in [0.05, 0.1) is 0 Å². The quantitative estimate of drug-likeness (QED) is 0.419. The van der Waals surface area contributed by atoms with Gasteiger partial charge in [0, 0.05) is 25.0 Å². The summed E-state index contributed by atoms with van der Waals surface area (Å²) in [6, 6.07) is 9.99. The highest BCUT2D eigenvalue weighted by atomic mass is 28.4. The molecule has 1 unspecified atom stereocenters. The van der Waals surface area contributed by atoms with E-state index in [2.05, 4.69) is 33.9 Å². The summed E-state index contributed by atoms with van der Waals surface area (Å²) >= 11 is 0. The Labute approximate surface area is 176 Å². The van der Waals surface area contributed by atoms with Crippen LogP contribution in [0.1, 0.15) is 52.0 Å². The molecule has 0 saturated heterocycles. The Bertz CT molecular complexity index is 693. The molecule has 1 aliphatic heterocycles. The van der Waals surface area contributed by atoms with Crippen molar-refractivity contribution >= 4 is 14.3 Å². The van der Waals surface area contributed by atoms with Crippen molar-refractivity contribution in [3.63, 3.8) is 0 Å². The van der Waals surface area contributed by atoms with E-state index in [4.69, 9.17) is 13.9 Å². The van der Waals surface area contributed by atoms with Gasteiger partial charge in [0.1, 0.15) is 0 Å². The highest BCUT2D eigenvalue weighted by Crippen LogP contribution is 2.40. The largest absolute Gasteiger partial charge is 0.475 e. The summed E-state index contributed by atoms with van der Waals surface area (Å²) in [4.78, 5) is 11.6. The molecule has 162 valence electrons. The SMILES string of the molecule is CCO[C@@H]1OC(C(=O)O)=C[C@H](c2ccccc2)C1CCCO[Si](C)(C)C(C)(C)C. The Balaban J connectivity index is 2.17. The number of allylic oxidation sites excluding steroid dienone is 1. The van der Waals surface area contributed by atoms with Crippen LogP contribution < -0.4 is 0 Å². The van der Waals surface area contributed by atoms with E-state index in [9.17, 15) is 9.90 Å². The molecule has 1 heterocycles. The van der Waals surface area contributed by atoms with E-state index < -0.39 is 20.6 Å². The number of hydrogen-bond acceptors (Lipinski definition) is 4. The van der Waals surface area contributed by atoms with E-state index in [-0.39, 0.29) is 22.6 Å². The normalized spacial score (nSPS) is 22.7. The number of carbonyl (C=O) groups is 1. The lowest BCUT2D eigenvalue weighted by molar-refractivity contribution is -0.173. The first-order valence-electron chi connectivity index (χ1n) is 10.5. The number of ether oxygens (including phenoxy) is 2. The van der Waals surface area contributed by atoms with E-state index in [1.807, 2.05) is 37.3 Å². The maximum absolute atomic E-state index is 11.6. The van der Waals surface area contributed by atoms with Crippen molar-refractivity contribution < 1.29 is 23.8 Å². The summed E-state index contributed by atoms with van der Waals surface area (Å²) in [5.41, 5.74) is 1.08. The van der Waals surface area contributed by atoms with Gasteiger partial charge in [0.15, 0.2) is 8.32 Å². The molecule has 1 N–H and O–H groups in total. The van der Waals surface area contributed by atoms with Gasteiger partial charge >= 0.3 is 5.97 Å². The molecular weight excluding hydrogens is 384 g/mol. The second-order valence-corrected chi connectivity index (χ2v) is 13.9. The topological polar surface area (TPSA) is 65.0 Å². The van der Waals surface area contributed by atoms with Crippen molar-refractivity contribution in [1.82, 2.24) is 0 Å². The summed E-state index contributed by atoms with van der Waals surface area (Å²) in [7, 11) is -1.78. The van der Waals surface area contributed by atoms with Crippen molar-refractivity contribution in [2.75, 3.05) is 13.2 Å². The highest BCUT2D eigenvalue weighted by molar-refractivity contribution is 6.74. The Hall–Kier alpha value is -1.63. The standard InChI is InChI=1S/C23H36O5Si/c1-7-26-22-18(14-11-15-27-29(5,6)23(2,3)4)19(16-20(28-22)21(24)25)17-12-9-8-10-13-17/h8-10,12-13,16,18-19,22H,7,11,14-15H2,1-6H3,(H,24,25)/t18?,19-,22-/m1/s1. The summed E-state index contributed by atoms with van der Waals surface area (Å²) in [5, 5.41) is 9.67. The number of benzene rings is 1. The number of carboxylic acids is 1. The van der Waals surface area contributed by atoms with Crippen LogP contribution in [-0.4, -0.2) is 38.9 Å². The Morgan fingerprint density at radius 2 is 1.86 bits per heavy atom. The second kappa shape index (κ2) is 9.91. The maximum atomic E-state index is 11.6. The predicted octanol–water partition coefficient (Wildman–Crippen LogP) is 5.55. The molecule has 0 aliphatic carbocycles. The van der Waals surface area contributed by atoms with Gasteiger partial charge < -0.3 is 19.0 Å². The second-order valence-electron chi connectivity index (χ2n) is 9.13. The molecule has 0 spiro atoms. The lowest BCUT2D eigenvalue weighted by Crippen LogP contribution is -2.41. The summed E-state index contributed by atoms with van der Waals surface area (Å²) in [5.74, 6) is -1.13. The van der Waals surface area contributed by atoms with Crippen molar-refractivity contribution in [3.05, 3.63) is 47.7 Å². The van der Waals surface area contributed by atoms with Crippen LogP contribution in [0.25, 0.3) is 0 Å². The van der Waals surface area contributed by atoms with Crippen molar-refractivity contribution in [1.29, 1.82) is 0 Å². The molecule has 0 aromatic heterocycles. The van der Waals surface area contributed by atoms with Crippen LogP contribution in [0.5, 0.6) is 0 Å². The van der Waals surface area contributed by atoms with Gasteiger partial charge in [-0.15, -0.1) is 0 Å². The first-order valence-corrected chi connectivity index (χ1v) is 13.4. The van der Waals surface area contributed by atoms with E-state index in [0.717, 1.165) is 18.4 Å². The third kappa shape index (κ3) is 6.17. The number of rotatable bonds is 9. The zero-order valence-electron chi connectivity index (χ0n) is 18.6. The van der Waals surface area contributed by atoms with Crippen molar-refractivity contribution in [2.24, 2.45) is 5.92 Å². The zero-order chi connectivity index (χ0) is 21.7. The minimum absolute atomic E-state index is 0.0310. The Morgan fingerprint density at radius 3 is 2.41 bits per heavy atom. The third-order valence-electron chi connectivity index (χ3n) is 6.06. The van der Waals surface area contributed by atoms with Crippen LogP contribution in [0, 0.1) is 5.92 Å². The van der Waals surface area contributed by atoms with Crippen LogP contribution in [0.2, 0.25) is 18.1 Å². The fraction of sp³-hybridized carbons (Fsp3) is 0.609. The molecule has 3 atom stereocenters. The summed E-state index contributed by atoms with van der Waals surface area (Å²) in [6.07, 6.45) is 2.87. The predicted molar refractivity (Wildman–Crippen MR) is 117 cm³/mol. The van der Waals surface area contributed by atoms with E-state index in [0.29, 0.717) is 13.2 Å². The molecular formula is C23H36O5Si. The Kier molecular flexibility index (Phi) is 8.08. The van der Waals surface area contributed by atoms with Gasteiger partial charge in [-0.05, 0) is 49.5 Å². The number of carboxylic acid groups (broad SMARTS) is 1. The minimum Gasteiger partial charge on any atom is -0.475 e. The van der Waals surface area contributed by atoms with Crippen LogP contribution >= 0.6 is 0 Å². The third-order valence-corrected chi connectivity index (χ3v) is 10.6. The van der Waals surface area contributed by atoms with Crippen molar-refractivity contribution in [2.45, 2.75) is 70.9 Å². The van der Waals surface area contributed by atoms with Crippen LogP contribution in [0.4, 0.5) is 0 Å². The molecule has 0 saturated carbocycles. The van der Waals surface area contributed by atoms with Crippen LogP contribution in [0.3, 0.4) is 0 Å². The molecule has 5 nitrogen and oxygen atoms in total. The van der Waals surface area contributed by atoms with Gasteiger partial charge in [-0.25, -0.2) is 4.79 Å². The number of aliphatic carboxylic acids is 1. The monoisotopic (exact) mass is 420 g/mol. The molecule has 0 bridgehead atoms. The van der Waals surface area contributed by atoms with E-state index >= 15 is 0 Å². The van der Waals surface area contributed by atoms with E-state index in [1.54, 1.807) is 6.08 Å². The minimum atomic E-state index is -1.78. The van der Waals surface area contributed by atoms with Gasteiger partial charge in [0.2, 0.25) is 12.0 Å². The molecule has 29 heavy (non-hydrogen) atoms. The smallest absolute Gasteiger partial charge is 0.370 e. The fourth-order valence-electron chi connectivity index (χ4n) is 3.35. The lowest BCUT2D eigenvalue weighted by atomic mass is 9.80. The van der Waals surface area contributed by atoms with Crippen LogP contribution in [0.15, 0.2) is 42.2 Å².